The summed E-state index contributed by atoms with van der Waals surface area (Å²) in [5, 5.41) is 0. The van der Waals surface area contributed by atoms with Gasteiger partial charge in [-0.15, -0.1) is 12.4 Å². The molecule has 0 saturated heterocycles. The van der Waals surface area contributed by atoms with E-state index in [4.69, 9.17) is 5.73 Å². The van der Waals surface area contributed by atoms with E-state index in [2.05, 4.69) is 13.8 Å². The van der Waals surface area contributed by atoms with Gasteiger partial charge in [-0.2, -0.15) is 0 Å². The SMILES string of the molecule is C[C@]12CC3CC(N)(C1)C[C@@](C)(C3)C2.Cl. The molecule has 4 aliphatic rings. The highest BCUT2D eigenvalue weighted by Gasteiger charge is 2.58. The van der Waals surface area contributed by atoms with Crippen LogP contribution < -0.4 is 5.73 Å². The molecule has 4 aliphatic carbocycles. The maximum atomic E-state index is 6.49. The second kappa shape index (κ2) is 2.68. The first-order chi connectivity index (χ1) is 5.91. The second-order valence-electron chi connectivity index (χ2n) is 6.99. The molecule has 2 heteroatoms. The van der Waals surface area contributed by atoms with Gasteiger partial charge < -0.3 is 5.73 Å². The lowest BCUT2D eigenvalue weighted by molar-refractivity contribution is -0.104. The molecule has 2 N–H and O–H groups in total. The van der Waals surface area contributed by atoms with Crippen molar-refractivity contribution in [2.24, 2.45) is 22.5 Å². The van der Waals surface area contributed by atoms with Gasteiger partial charge in [-0.05, 0) is 55.3 Å². The van der Waals surface area contributed by atoms with E-state index in [-0.39, 0.29) is 17.9 Å². The van der Waals surface area contributed by atoms with E-state index in [0.29, 0.717) is 10.8 Å². The standard InChI is InChI=1S/C12H21N.ClH/c1-10-3-9-4-11(2,6-10)8-12(13,5-9)7-10;/h9H,3-8,13H2,1-2H3;1H/t9?,10-,11+,12?;. The first-order valence-electron chi connectivity index (χ1n) is 5.70. The van der Waals surface area contributed by atoms with Crippen LogP contribution in [0.4, 0.5) is 0 Å². The highest BCUT2D eigenvalue weighted by Crippen LogP contribution is 2.65. The lowest BCUT2D eigenvalue weighted by Crippen LogP contribution is -2.62. The van der Waals surface area contributed by atoms with Crippen molar-refractivity contribution >= 4 is 12.4 Å². The zero-order valence-electron chi connectivity index (χ0n) is 9.31. The van der Waals surface area contributed by atoms with Crippen LogP contribution in [0.2, 0.25) is 0 Å². The minimum Gasteiger partial charge on any atom is -0.325 e. The van der Waals surface area contributed by atoms with Crippen molar-refractivity contribution in [1.82, 2.24) is 0 Å². The molecule has 0 aromatic heterocycles. The van der Waals surface area contributed by atoms with Gasteiger partial charge in [-0.25, -0.2) is 0 Å². The molecule has 0 aliphatic heterocycles. The topological polar surface area (TPSA) is 26.0 Å². The molecule has 2 unspecified atom stereocenters. The van der Waals surface area contributed by atoms with E-state index in [0.717, 1.165) is 5.92 Å². The van der Waals surface area contributed by atoms with Crippen molar-refractivity contribution in [3.63, 3.8) is 0 Å². The molecule has 82 valence electrons. The lowest BCUT2D eigenvalue weighted by Gasteiger charge is -2.64. The Morgan fingerprint density at radius 1 is 0.929 bits per heavy atom. The van der Waals surface area contributed by atoms with Crippen molar-refractivity contribution in [1.29, 1.82) is 0 Å². The Morgan fingerprint density at radius 2 is 1.43 bits per heavy atom. The average molecular weight is 216 g/mol. The Labute approximate surface area is 93.2 Å². The molecule has 0 heterocycles. The molecule has 14 heavy (non-hydrogen) atoms. The molecule has 0 radical (unpaired) electrons. The summed E-state index contributed by atoms with van der Waals surface area (Å²) in [7, 11) is 0. The van der Waals surface area contributed by atoms with Crippen molar-refractivity contribution in [3.8, 4) is 0 Å². The van der Waals surface area contributed by atoms with Gasteiger partial charge in [0.15, 0.2) is 0 Å². The molecule has 0 aromatic rings. The molecular weight excluding hydrogens is 194 g/mol. The van der Waals surface area contributed by atoms with Gasteiger partial charge in [-0.1, -0.05) is 13.8 Å². The number of hydrogen-bond acceptors (Lipinski definition) is 1. The van der Waals surface area contributed by atoms with Crippen LogP contribution in [-0.2, 0) is 0 Å². The maximum Gasteiger partial charge on any atom is 0.0167 e. The predicted octanol–water partition coefficient (Wildman–Crippen LogP) is 3.12. The lowest BCUT2D eigenvalue weighted by atomic mass is 9.43. The van der Waals surface area contributed by atoms with Crippen LogP contribution in [0.15, 0.2) is 0 Å². The fraction of sp³-hybridized carbons (Fsp3) is 1.00. The van der Waals surface area contributed by atoms with E-state index in [9.17, 15) is 0 Å². The van der Waals surface area contributed by atoms with Gasteiger partial charge in [0.25, 0.3) is 0 Å². The van der Waals surface area contributed by atoms with E-state index in [1.807, 2.05) is 0 Å². The number of hydrogen-bond donors (Lipinski definition) is 1. The van der Waals surface area contributed by atoms with Crippen molar-refractivity contribution in [2.75, 3.05) is 0 Å². The van der Waals surface area contributed by atoms with Crippen LogP contribution in [0.5, 0.6) is 0 Å². The zero-order chi connectivity index (χ0) is 9.32. The van der Waals surface area contributed by atoms with Gasteiger partial charge >= 0.3 is 0 Å². The summed E-state index contributed by atoms with van der Waals surface area (Å²) in [5.74, 6) is 0.955. The minimum atomic E-state index is 0. The van der Waals surface area contributed by atoms with Gasteiger partial charge in [0, 0.05) is 5.54 Å². The largest absolute Gasteiger partial charge is 0.325 e. The fourth-order valence-electron chi connectivity index (χ4n) is 5.54. The molecular formula is C12H22ClN. The summed E-state index contributed by atoms with van der Waals surface area (Å²) in [4.78, 5) is 0. The van der Waals surface area contributed by atoms with E-state index in [1.54, 1.807) is 0 Å². The third-order valence-corrected chi connectivity index (χ3v) is 4.67. The molecule has 0 amide bonds. The quantitative estimate of drug-likeness (QED) is 0.660. The van der Waals surface area contributed by atoms with Crippen LogP contribution in [0.3, 0.4) is 0 Å². The second-order valence-corrected chi connectivity index (χ2v) is 6.99. The summed E-state index contributed by atoms with van der Waals surface area (Å²) in [6.45, 7) is 4.94. The van der Waals surface area contributed by atoms with Crippen molar-refractivity contribution in [3.05, 3.63) is 0 Å². The Kier molecular flexibility index (Phi) is 2.06. The summed E-state index contributed by atoms with van der Waals surface area (Å²) in [6, 6.07) is 0. The van der Waals surface area contributed by atoms with Crippen molar-refractivity contribution in [2.45, 2.75) is 57.9 Å². The van der Waals surface area contributed by atoms with Crippen LogP contribution in [-0.4, -0.2) is 5.54 Å². The van der Waals surface area contributed by atoms with Crippen LogP contribution >= 0.6 is 12.4 Å². The maximum absolute atomic E-state index is 6.49. The molecule has 4 bridgehead atoms. The van der Waals surface area contributed by atoms with Crippen LogP contribution in [0, 0.1) is 16.7 Å². The summed E-state index contributed by atoms with van der Waals surface area (Å²) < 4.78 is 0. The van der Waals surface area contributed by atoms with E-state index < -0.39 is 0 Å². The Hall–Kier alpha value is 0.250. The molecule has 0 spiro atoms. The van der Waals surface area contributed by atoms with Gasteiger partial charge in [0.2, 0.25) is 0 Å². The van der Waals surface area contributed by atoms with E-state index >= 15 is 0 Å². The summed E-state index contributed by atoms with van der Waals surface area (Å²) in [6.07, 6.45) is 8.27. The smallest absolute Gasteiger partial charge is 0.0167 e. The monoisotopic (exact) mass is 215 g/mol. The minimum absolute atomic E-state index is 0. The molecule has 4 atom stereocenters. The highest BCUT2D eigenvalue weighted by molar-refractivity contribution is 5.85. The van der Waals surface area contributed by atoms with Gasteiger partial charge in [-0.3, -0.25) is 0 Å². The van der Waals surface area contributed by atoms with Crippen LogP contribution in [0.1, 0.15) is 52.4 Å². The Morgan fingerprint density at radius 3 is 1.79 bits per heavy atom. The average Bonchev–Trinajstić information content (AvgIpc) is 1.71. The van der Waals surface area contributed by atoms with Gasteiger partial charge in [0.05, 0.1) is 0 Å². The molecule has 4 fully saturated rings. The summed E-state index contributed by atoms with van der Waals surface area (Å²) >= 11 is 0. The first-order valence-corrected chi connectivity index (χ1v) is 5.70. The van der Waals surface area contributed by atoms with Gasteiger partial charge in [0.1, 0.15) is 0 Å². The molecule has 1 nitrogen and oxygen atoms in total. The number of halogens is 1. The number of nitrogens with two attached hydrogens (primary N) is 1. The van der Waals surface area contributed by atoms with Crippen molar-refractivity contribution < 1.29 is 0 Å². The first kappa shape index (κ1) is 10.8. The fourth-order valence-corrected chi connectivity index (χ4v) is 5.54. The molecule has 0 aromatic carbocycles. The Balaban J connectivity index is 0.000000750. The number of rotatable bonds is 0. The third-order valence-electron chi connectivity index (χ3n) is 4.67. The van der Waals surface area contributed by atoms with E-state index in [1.165, 1.54) is 38.5 Å². The zero-order valence-corrected chi connectivity index (χ0v) is 10.1. The Bertz CT molecular complexity index is 212. The third kappa shape index (κ3) is 1.40. The van der Waals surface area contributed by atoms with Crippen LogP contribution in [0.25, 0.3) is 0 Å². The predicted molar refractivity (Wildman–Crippen MR) is 61.6 cm³/mol. The molecule has 4 saturated carbocycles. The summed E-state index contributed by atoms with van der Waals surface area (Å²) in [5.41, 5.74) is 7.92. The molecule has 4 rings (SSSR count). The normalized spacial score (nSPS) is 59.8. The highest BCUT2D eigenvalue weighted by atomic mass is 35.5.